The number of benzene rings is 2. The van der Waals surface area contributed by atoms with Crippen LogP contribution in [0.1, 0.15) is 44.7 Å². The van der Waals surface area contributed by atoms with E-state index in [1.807, 2.05) is 12.1 Å². The van der Waals surface area contributed by atoms with E-state index in [2.05, 4.69) is 26.1 Å². The van der Waals surface area contributed by atoms with E-state index in [-0.39, 0.29) is 36.2 Å². The number of nitrogens with zero attached hydrogens (tertiary/aromatic N) is 1. The molecule has 0 radical (unpaired) electrons. The quantitative estimate of drug-likeness (QED) is 0.749. The number of carbonyl (C=O) groups is 1. The van der Waals surface area contributed by atoms with Gasteiger partial charge in [0.25, 0.3) is 5.91 Å². The van der Waals surface area contributed by atoms with Crippen LogP contribution in [0.4, 0.5) is 10.1 Å². The summed E-state index contributed by atoms with van der Waals surface area (Å²) in [5.41, 5.74) is 0.341. The van der Waals surface area contributed by atoms with E-state index in [9.17, 15) is 22.7 Å². The second-order valence-corrected chi connectivity index (χ2v) is 11.0. The molecule has 1 amide bonds. The van der Waals surface area contributed by atoms with Gasteiger partial charge in [-0.15, -0.1) is 0 Å². The van der Waals surface area contributed by atoms with Gasteiger partial charge in [0.05, 0.1) is 4.90 Å². The number of aliphatic hydroxyl groups is 1. The van der Waals surface area contributed by atoms with E-state index in [0.717, 1.165) is 11.6 Å². The molecule has 1 fully saturated rings. The summed E-state index contributed by atoms with van der Waals surface area (Å²) in [6.07, 6.45) is -0.0588. The first-order chi connectivity index (χ1) is 14.3. The van der Waals surface area contributed by atoms with Gasteiger partial charge in [-0.25, -0.2) is 12.8 Å². The SMILES string of the molecule is Cc1cc(F)ccc1S(=O)(=O)N1CCC(O)(C(=O)Nc2ccc(C(C)(C)C)cc2)CC1. The summed E-state index contributed by atoms with van der Waals surface area (Å²) in [7, 11) is -3.84. The molecular weight excluding hydrogens is 419 g/mol. The molecule has 0 saturated carbocycles. The maximum atomic E-state index is 13.3. The Balaban J connectivity index is 1.67. The van der Waals surface area contributed by atoms with Crippen LogP contribution in [0.25, 0.3) is 0 Å². The van der Waals surface area contributed by atoms with Crippen molar-refractivity contribution in [1.29, 1.82) is 0 Å². The first-order valence-corrected chi connectivity index (χ1v) is 11.7. The van der Waals surface area contributed by atoms with Crippen molar-refractivity contribution in [3.05, 3.63) is 59.4 Å². The summed E-state index contributed by atoms with van der Waals surface area (Å²) in [4.78, 5) is 12.7. The minimum atomic E-state index is -3.84. The van der Waals surface area contributed by atoms with Gasteiger partial charge in [0.2, 0.25) is 10.0 Å². The molecular formula is C23H29FN2O4S. The van der Waals surface area contributed by atoms with Crippen LogP contribution in [0.3, 0.4) is 0 Å². The first-order valence-electron chi connectivity index (χ1n) is 10.2. The number of carbonyl (C=O) groups excluding carboxylic acids is 1. The number of aryl methyl sites for hydroxylation is 1. The van der Waals surface area contributed by atoms with Gasteiger partial charge in [0.1, 0.15) is 11.4 Å². The van der Waals surface area contributed by atoms with Gasteiger partial charge in [-0.2, -0.15) is 4.31 Å². The molecule has 3 rings (SSSR count). The van der Waals surface area contributed by atoms with Crippen LogP contribution >= 0.6 is 0 Å². The summed E-state index contributed by atoms with van der Waals surface area (Å²) in [6.45, 7) is 7.81. The van der Waals surface area contributed by atoms with Crippen LogP contribution in [-0.2, 0) is 20.2 Å². The lowest BCUT2D eigenvalue weighted by atomic mass is 9.87. The Morgan fingerprint density at radius 2 is 1.68 bits per heavy atom. The fourth-order valence-electron chi connectivity index (χ4n) is 3.67. The zero-order valence-electron chi connectivity index (χ0n) is 18.3. The van der Waals surface area contributed by atoms with Crippen molar-refractivity contribution in [3.63, 3.8) is 0 Å². The van der Waals surface area contributed by atoms with Gasteiger partial charge in [-0.1, -0.05) is 32.9 Å². The molecule has 168 valence electrons. The van der Waals surface area contributed by atoms with Crippen LogP contribution in [0.2, 0.25) is 0 Å². The number of halogens is 1. The summed E-state index contributed by atoms with van der Waals surface area (Å²) in [6, 6.07) is 11.0. The number of amides is 1. The lowest BCUT2D eigenvalue weighted by Gasteiger charge is -2.36. The highest BCUT2D eigenvalue weighted by Crippen LogP contribution is 2.30. The molecule has 6 nitrogen and oxygen atoms in total. The van der Waals surface area contributed by atoms with E-state index in [4.69, 9.17) is 0 Å². The van der Waals surface area contributed by atoms with E-state index in [0.29, 0.717) is 11.3 Å². The molecule has 8 heteroatoms. The molecule has 0 aromatic heterocycles. The summed E-state index contributed by atoms with van der Waals surface area (Å²) < 4.78 is 40.4. The number of nitrogens with one attached hydrogen (secondary N) is 1. The van der Waals surface area contributed by atoms with Crippen LogP contribution < -0.4 is 5.32 Å². The fourth-order valence-corrected chi connectivity index (χ4v) is 5.31. The molecule has 1 aliphatic heterocycles. The number of rotatable bonds is 4. The van der Waals surface area contributed by atoms with Gasteiger partial charge in [-0.3, -0.25) is 4.79 Å². The highest BCUT2D eigenvalue weighted by atomic mass is 32.2. The van der Waals surface area contributed by atoms with Gasteiger partial charge >= 0.3 is 0 Å². The highest BCUT2D eigenvalue weighted by Gasteiger charge is 2.42. The van der Waals surface area contributed by atoms with Gasteiger partial charge in [-0.05, 0) is 66.6 Å². The molecule has 1 saturated heterocycles. The summed E-state index contributed by atoms with van der Waals surface area (Å²) >= 11 is 0. The van der Waals surface area contributed by atoms with Crippen molar-refractivity contribution >= 4 is 21.6 Å². The normalized spacial score (nSPS) is 17.4. The number of piperidine rings is 1. The molecule has 2 aromatic rings. The molecule has 1 aliphatic rings. The molecule has 0 aliphatic carbocycles. The van der Waals surface area contributed by atoms with Crippen LogP contribution in [0.15, 0.2) is 47.4 Å². The van der Waals surface area contributed by atoms with E-state index < -0.39 is 27.3 Å². The second-order valence-electron chi connectivity index (χ2n) is 9.13. The lowest BCUT2D eigenvalue weighted by molar-refractivity contribution is -0.137. The second kappa shape index (κ2) is 8.33. The summed E-state index contributed by atoms with van der Waals surface area (Å²) in [5.74, 6) is -1.05. The maximum absolute atomic E-state index is 13.3. The van der Waals surface area contributed by atoms with E-state index in [1.165, 1.54) is 23.4 Å². The molecule has 0 atom stereocenters. The van der Waals surface area contributed by atoms with E-state index >= 15 is 0 Å². The smallest absolute Gasteiger partial charge is 0.256 e. The Morgan fingerprint density at radius 1 is 1.10 bits per heavy atom. The van der Waals surface area contributed by atoms with Crippen LogP contribution in [-0.4, -0.2) is 42.4 Å². The largest absolute Gasteiger partial charge is 0.380 e. The molecule has 2 N–H and O–H groups in total. The third-order valence-corrected chi connectivity index (χ3v) is 7.79. The molecule has 0 spiro atoms. The van der Waals surface area contributed by atoms with Crippen molar-refractivity contribution < 1.29 is 22.7 Å². The topological polar surface area (TPSA) is 86.7 Å². The van der Waals surface area contributed by atoms with Crippen LogP contribution in [0.5, 0.6) is 0 Å². The molecule has 2 aromatic carbocycles. The predicted octanol–water partition coefficient (Wildman–Crippen LogP) is 3.59. The molecule has 1 heterocycles. The number of hydrogen-bond donors (Lipinski definition) is 2. The Morgan fingerprint density at radius 3 is 2.19 bits per heavy atom. The average Bonchev–Trinajstić information content (AvgIpc) is 2.67. The Labute approximate surface area is 183 Å². The lowest BCUT2D eigenvalue weighted by Crippen LogP contribution is -2.52. The van der Waals surface area contributed by atoms with Crippen molar-refractivity contribution in [2.45, 2.75) is 56.4 Å². The zero-order chi connectivity index (χ0) is 23.0. The summed E-state index contributed by atoms with van der Waals surface area (Å²) in [5, 5.41) is 13.6. The number of sulfonamides is 1. The average molecular weight is 449 g/mol. The van der Waals surface area contributed by atoms with Crippen molar-refractivity contribution in [2.24, 2.45) is 0 Å². The Hall–Kier alpha value is -2.29. The Kier molecular flexibility index (Phi) is 6.28. The minimum absolute atomic E-state index is 0.00791. The zero-order valence-corrected chi connectivity index (χ0v) is 19.1. The number of hydrogen-bond acceptors (Lipinski definition) is 4. The third kappa shape index (κ3) is 4.97. The monoisotopic (exact) mass is 448 g/mol. The van der Waals surface area contributed by atoms with Crippen molar-refractivity contribution in [2.75, 3.05) is 18.4 Å². The predicted molar refractivity (Wildman–Crippen MR) is 118 cm³/mol. The van der Waals surface area contributed by atoms with Gasteiger partial charge in [0.15, 0.2) is 0 Å². The van der Waals surface area contributed by atoms with Crippen molar-refractivity contribution in [1.82, 2.24) is 4.31 Å². The van der Waals surface area contributed by atoms with Crippen LogP contribution in [0, 0.1) is 12.7 Å². The standard InChI is InChI=1S/C23H29FN2O4S/c1-16-15-18(24)7-10-20(16)31(29,30)26-13-11-23(28,12-14-26)21(27)25-19-8-5-17(6-9-19)22(2,3)4/h5-10,15,28H,11-14H2,1-4H3,(H,25,27). The molecule has 31 heavy (non-hydrogen) atoms. The van der Waals surface area contributed by atoms with E-state index in [1.54, 1.807) is 12.1 Å². The number of anilines is 1. The maximum Gasteiger partial charge on any atom is 0.256 e. The molecule has 0 unspecified atom stereocenters. The van der Waals surface area contributed by atoms with Gasteiger partial charge in [0, 0.05) is 18.8 Å². The molecule has 0 bridgehead atoms. The van der Waals surface area contributed by atoms with Gasteiger partial charge < -0.3 is 10.4 Å². The minimum Gasteiger partial charge on any atom is -0.380 e. The first kappa shape index (κ1) is 23.4. The van der Waals surface area contributed by atoms with Crippen molar-refractivity contribution in [3.8, 4) is 0 Å². The fraction of sp³-hybridized carbons (Fsp3) is 0.435. The Bertz CT molecular complexity index is 1070. The highest BCUT2D eigenvalue weighted by molar-refractivity contribution is 7.89. The third-order valence-electron chi connectivity index (χ3n) is 5.74.